The largest absolute Gasteiger partial charge is 0.493 e. The second-order valence-electron chi connectivity index (χ2n) is 4.78. The van der Waals surface area contributed by atoms with Crippen LogP contribution in [-0.4, -0.2) is 32.0 Å². The highest BCUT2D eigenvalue weighted by Crippen LogP contribution is 2.25. The lowest BCUT2D eigenvalue weighted by atomic mass is 10.3. The maximum Gasteiger partial charge on any atom is 0.387 e. The van der Waals surface area contributed by atoms with E-state index in [4.69, 9.17) is 21.7 Å². The minimum atomic E-state index is -2.84. The number of anilines is 1. The smallest absolute Gasteiger partial charge is 0.387 e. The summed E-state index contributed by atoms with van der Waals surface area (Å²) >= 11 is 5.16. The first-order chi connectivity index (χ1) is 12.1. The minimum absolute atomic E-state index is 0.0876. The molecule has 0 heterocycles. The molecule has 0 aliphatic heterocycles. The predicted molar refractivity (Wildman–Crippen MR) is 95.8 cm³/mol. The summed E-state index contributed by atoms with van der Waals surface area (Å²) in [6.45, 7) is -1.97. The SMILES string of the molecule is COc1ccccc1OCCNC(=S)Nc1ccc(OC(F)F)cc1. The summed E-state index contributed by atoms with van der Waals surface area (Å²) in [5.41, 5.74) is 0.657. The number of benzene rings is 2. The molecule has 2 N–H and O–H groups in total. The lowest BCUT2D eigenvalue weighted by Gasteiger charge is -2.13. The molecule has 0 aromatic heterocycles. The van der Waals surface area contributed by atoms with Crippen LogP contribution in [-0.2, 0) is 0 Å². The molecule has 2 rings (SSSR count). The van der Waals surface area contributed by atoms with Crippen LogP contribution in [0.5, 0.6) is 17.2 Å². The van der Waals surface area contributed by atoms with Gasteiger partial charge in [0.15, 0.2) is 16.6 Å². The summed E-state index contributed by atoms with van der Waals surface area (Å²) in [5, 5.41) is 6.32. The van der Waals surface area contributed by atoms with Crippen LogP contribution in [0.4, 0.5) is 14.5 Å². The molecule has 0 fully saturated rings. The molecule has 0 aliphatic rings. The van der Waals surface area contributed by atoms with Crippen molar-refractivity contribution < 1.29 is 23.0 Å². The van der Waals surface area contributed by atoms with E-state index >= 15 is 0 Å². The second kappa shape index (κ2) is 9.63. The van der Waals surface area contributed by atoms with Gasteiger partial charge in [-0.3, -0.25) is 0 Å². The average molecular weight is 368 g/mol. The van der Waals surface area contributed by atoms with Gasteiger partial charge in [0, 0.05) is 5.69 Å². The van der Waals surface area contributed by atoms with Gasteiger partial charge in [-0.2, -0.15) is 8.78 Å². The van der Waals surface area contributed by atoms with Gasteiger partial charge in [-0.25, -0.2) is 0 Å². The number of thiocarbonyl (C=S) groups is 1. The first kappa shape index (κ1) is 18.7. The molecule has 0 saturated heterocycles. The molecule has 134 valence electrons. The molecule has 25 heavy (non-hydrogen) atoms. The van der Waals surface area contributed by atoms with E-state index in [1.807, 2.05) is 24.3 Å². The molecule has 8 heteroatoms. The lowest BCUT2D eigenvalue weighted by molar-refractivity contribution is -0.0498. The van der Waals surface area contributed by atoms with E-state index in [0.29, 0.717) is 35.5 Å². The molecule has 0 unspecified atom stereocenters. The van der Waals surface area contributed by atoms with E-state index in [-0.39, 0.29) is 5.75 Å². The Labute approximate surface area is 149 Å². The molecule has 0 aliphatic carbocycles. The number of para-hydroxylation sites is 2. The third kappa shape index (κ3) is 6.42. The number of ether oxygens (including phenoxy) is 3. The van der Waals surface area contributed by atoms with Crippen molar-refractivity contribution in [1.82, 2.24) is 5.32 Å². The number of methoxy groups -OCH3 is 1. The fourth-order valence-electron chi connectivity index (χ4n) is 1.96. The standard InChI is InChI=1S/C17H18F2N2O3S/c1-22-14-4-2-3-5-15(14)23-11-10-20-17(25)21-12-6-8-13(9-7-12)24-16(18)19/h2-9,16H,10-11H2,1H3,(H2,20,21,25). The zero-order chi connectivity index (χ0) is 18.1. The summed E-state index contributed by atoms with van der Waals surface area (Å²) in [5.74, 6) is 1.40. The Hall–Kier alpha value is -2.61. The number of hydrogen-bond donors (Lipinski definition) is 2. The zero-order valence-corrected chi connectivity index (χ0v) is 14.3. The van der Waals surface area contributed by atoms with E-state index < -0.39 is 6.61 Å². The monoisotopic (exact) mass is 368 g/mol. The van der Waals surface area contributed by atoms with Crippen molar-refractivity contribution in [2.45, 2.75) is 6.61 Å². The van der Waals surface area contributed by atoms with Gasteiger partial charge in [-0.15, -0.1) is 0 Å². The van der Waals surface area contributed by atoms with E-state index in [0.717, 1.165) is 0 Å². The van der Waals surface area contributed by atoms with Crippen molar-refractivity contribution in [1.29, 1.82) is 0 Å². The molecular weight excluding hydrogens is 350 g/mol. The Kier molecular flexibility index (Phi) is 7.21. The second-order valence-corrected chi connectivity index (χ2v) is 5.19. The van der Waals surface area contributed by atoms with Crippen LogP contribution in [0.25, 0.3) is 0 Å². The number of rotatable bonds is 8. The van der Waals surface area contributed by atoms with Crippen molar-refractivity contribution in [2.75, 3.05) is 25.6 Å². The van der Waals surface area contributed by atoms with E-state index in [9.17, 15) is 8.78 Å². The summed E-state index contributed by atoms with van der Waals surface area (Å²) in [6.07, 6.45) is 0. The molecule has 0 bridgehead atoms. The van der Waals surface area contributed by atoms with Gasteiger partial charge < -0.3 is 24.8 Å². The van der Waals surface area contributed by atoms with E-state index in [1.54, 1.807) is 19.2 Å². The maximum atomic E-state index is 12.1. The van der Waals surface area contributed by atoms with Crippen molar-refractivity contribution in [3.8, 4) is 17.2 Å². The van der Waals surface area contributed by atoms with Gasteiger partial charge in [0.05, 0.1) is 13.7 Å². The molecule has 0 amide bonds. The fourth-order valence-corrected chi connectivity index (χ4v) is 2.18. The van der Waals surface area contributed by atoms with Crippen LogP contribution < -0.4 is 24.8 Å². The Balaban J connectivity index is 1.72. The highest BCUT2D eigenvalue weighted by Gasteiger charge is 2.05. The summed E-state index contributed by atoms with van der Waals surface area (Å²) in [4.78, 5) is 0. The average Bonchev–Trinajstić information content (AvgIpc) is 2.60. The summed E-state index contributed by atoms with van der Waals surface area (Å²) < 4.78 is 39.3. The van der Waals surface area contributed by atoms with E-state index in [2.05, 4.69) is 15.4 Å². The lowest BCUT2D eigenvalue weighted by Crippen LogP contribution is -2.31. The highest BCUT2D eigenvalue weighted by atomic mass is 32.1. The molecule has 0 radical (unpaired) electrons. The zero-order valence-electron chi connectivity index (χ0n) is 13.5. The molecule has 0 atom stereocenters. The van der Waals surface area contributed by atoms with Crippen LogP contribution in [0.1, 0.15) is 0 Å². The Morgan fingerprint density at radius 2 is 1.76 bits per heavy atom. The Morgan fingerprint density at radius 1 is 1.08 bits per heavy atom. The van der Waals surface area contributed by atoms with Gasteiger partial charge in [-0.05, 0) is 48.6 Å². The molecular formula is C17H18F2N2O3S. The van der Waals surface area contributed by atoms with Gasteiger partial charge in [0.25, 0.3) is 0 Å². The fraction of sp³-hybridized carbons (Fsp3) is 0.235. The van der Waals surface area contributed by atoms with E-state index in [1.165, 1.54) is 12.1 Å². The molecule has 0 spiro atoms. The van der Waals surface area contributed by atoms with Gasteiger partial charge in [-0.1, -0.05) is 12.1 Å². The highest BCUT2D eigenvalue weighted by molar-refractivity contribution is 7.80. The number of hydrogen-bond acceptors (Lipinski definition) is 4. The van der Waals surface area contributed by atoms with Crippen LogP contribution in [0.3, 0.4) is 0 Å². The van der Waals surface area contributed by atoms with Gasteiger partial charge in [0.1, 0.15) is 12.4 Å². The van der Waals surface area contributed by atoms with Crippen LogP contribution >= 0.6 is 12.2 Å². The molecule has 2 aromatic rings. The van der Waals surface area contributed by atoms with Crippen molar-refractivity contribution in [2.24, 2.45) is 0 Å². The molecule has 2 aromatic carbocycles. The Morgan fingerprint density at radius 3 is 2.40 bits per heavy atom. The third-order valence-corrected chi connectivity index (χ3v) is 3.30. The number of nitrogens with one attached hydrogen (secondary N) is 2. The Bertz CT molecular complexity index is 684. The van der Waals surface area contributed by atoms with Crippen LogP contribution in [0, 0.1) is 0 Å². The van der Waals surface area contributed by atoms with Crippen molar-refractivity contribution in [3.63, 3.8) is 0 Å². The number of alkyl halides is 2. The summed E-state index contributed by atoms with van der Waals surface area (Å²) in [6, 6.07) is 13.4. The first-order valence-electron chi connectivity index (χ1n) is 7.44. The summed E-state index contributed by atoms with van der Waals surface area (Å²) in [7, 11) is 1.58. The molecule has 5 nitrogen and oxygen atoms in total. The van der Waals surface area contributed by atoms with Gasteiger partial charge >= 0.3 is 6.61 Å². The van der Waals surface area contributed by atoms with Crippen LogP contribution in [0.2, 0.25) is 0 Å². The minimum Gasteiger partial charge on any atom is -0.493 e. The third-order valence-electron chi connectivity index (χ3n) is 3.05. The normalized spacial score (nSPS) is 10.2. The first-order valence-corrected chi connectivity index (χ1v) is 7.85. The topological polar surface area (TPSA) is 51.8 Å². The van der Waals surface area contributed by atoms with Crippen molar-refractivity contribution in [3.05, 3.63) is 48.5 Å². The van der Waals surface area contributed by atoms with Crippen LogP contribution in [0.15, 0.2) is 48.5 Å². The van der Waals surface area contributed by atoms with Crippen molar-refractivity contribution >= 4 is 23.0 Å². The predicted octanol–water partition coefficient (Wildman–Crippen LogP) is 3.66. The molecule has 0 saturated carbocycles. The quantitative estimate of drug-likeness (QED) is 0.548. The maximum absolute atomic E-state index is 12.1. The van der Waals surface area contributed by atoms with Gasteiger partial charge in [0.2, 0.25) is 0 Å². The number of halogens is 2.